The van der Waals surface area contributed by atoms with Gasteiger partial charge in [0.2, 0.25) is 0 Å². The lowest BCUT2D eigenvalue weighted by Gasteiger charge is -2.00. The van der Waals surface area contributed by atoms with Crippen molar-refractivity contribution in [1.29, 1.82) is 0 Å². The fourth-order valence-corrected chi connectivity index (χ4v) is 1.41. The summed E-state index contributed by atoms with van der Waals surface area (Å²) in [5, 5.41) is 21.4. The zero-order chi connectivity index (χ0) is 12.7. The Hall–Kier alpha value is -1.52. The third kappa shape index (κ3) is 5.38. The Morgan fingerprint density at radius 2 is 2.24 bits per heavy atom. The van der Waals surface area contributed by atoms with Gasteiger partial charge in [-0.15, -0.1) is 0 Å². The monoisotopic (exact) mass is 255 g/mol. The highest BCUT2D eigenvalue weighted by Gasteiger charge is 1.97. The second kappa shape index (κ2) is 6.93. The summed E-state index contributed by atoms with van der Waals surface area (Å²) in [6, 6.07) is 4.80. The second-order valence-electron chi connectivity index (χ2n) is 3.45. The molecule has 0 aliphatic carbocycles. The molecule has 1 rings (SSSR count). The molecule has 4 nitrogen and oxygen atoms in total. The SMILES string of the molecule is O=C(O)CCNCC=Cc1cc(Cl)ccc1O. The predicted molar refractivity (Wildman–Crippen MR) is 67.3 cm³/mol. The lowest BCUT2D eigenvalue weighted by molar-refractivity contribution is -0.136. The Morgan fingerprint density at radius 3 is 2.94 bits per heavy atom. The van der Waals surface area contributed by atoms with Crippen molar-refractivity contribution in [3.63, 3.8) is 0 Å². The van der Waals surface area contributed by atoms with Crippen LogP contribution in [0.4, 0.5) is 0 Å². The molecule has 0 aliphatic heterocycles. The molecule has 1 aromatic carbocycles. The van der Waals surface area contributed by atoms with Gasteiger partial charge in [0.1, 0.15) is 5.75 Å². The summed E-state index contributed by atoms with van der Waals surface area (Å²) in [5.41, 5.74) is 0.637. The zero-order valence-electron chi connectivity index (χ0n) is 9.19. The number of halogens is 1. The molecule has 0 spiro atoms. The molecular weight excluding hydrogens is 242 g/mol. The van der Waals surface area contributed by atoms with Crippen LogP contribution in [0.15, 0.2) is 24.3 Å². The molecule has 0 aromatic heterocycles. The van der Waals surface area contributed by atoms with E-state index < -0.39 is 5.97 Å². The number of rotatable bonds is 6. The summed E-state index contributed by atoms with van der Waals surface area (Å²) < 4.78 is 0. The quantitative estimate of drug-likeness (QED) is 0.681. The first-order chi connectivity index (χ1) is 8.09. The normalized spacial score (nSPS) is 10.9. The molecular formula is C12H14ClNO3. The van der Waals surface area contributed by atoms with Crippen LogP contribution in [0.3, 0.4) is 0 Å². The minimum Gasteiger partial charge on any atom is -0.507 e. The van der Waals surface area contributed by atoms with Gasteiger partial charge in [-0.05, 0) is 18.2 Å². The number of aromatic hydroxyl groups is 1. The average molecular weight is 256 g/mol. The molecule has 0 atom stereocenters. The van der Waals surface area contributed by atoms with E-state index in [1.807, 2.05) is 0 Å². The molecule has 0 unspecified atom stereocenters. The molecule has 0 saturated heterocycles. The van der Waals surface area contributed by atoms with Gasteiger partial charge in [-0.25, -0.2) is 0 Å². The van der Waals surface area contributed by atoms with Crippen LogP contribution in [-0.4, -0.2) is 29.3 Å². The maximum absolute atomic E-state index is 10.2. The first-order valence-electron chi connectivity index (χ1n) is 5.17. The number of nitrogens with one attached hydrogen (secondary N) is 1. The Labute approximate surface area is 105 Å². The summed E-state index contributed by atoms with van der Waals surface area (Å²) in [4.78, 5) is 10.2. The molecule has 0 radical (unpaired) electrons. The third-order valence-electron chi connectivity index (χ3n) is 2.06. The maximum atomic E-state index is 10.2. The molecule has 3 N–H and O–H groups in total. The summed E-state index contributed by atoms with van der Waals surface area (Å²) in [7, 11) is 0. The van der Waals surface area contributed by atoms with Gasteiger partial charge in [0.15, 0.2) is 0 Å². The fraction of sp³-hybridized carbons (Fsp3) is 0.250. The van der Waals surface area contributed by atoms with Gasteiger partial charge in [0, 0.05) is 23.7 Å². The molecule has 0 saturated carbocycles. The van der Waals surface area contributed by atoms with E-state index in [2.05, 4.69) is 5.32 Å². The molecule has 5 heteroatoms. The van der Waals surface area contributed by atoms with Crippen molar-refractivity contribution in [2.24, 2.45) is 0 Å². The first-order valence-corrected chi connectivity index (χ1v) is 5.55. The van der Waals surface area contributed by atoms with Crippen molar-refractivity contribution in [3.05, 3.63) is 34.9 Å². The number of benzene rings is 1. The van der Waals surface area contributed by atoms with E-state index in [1.54, 1.807) is 24.3 Å². The van der Waals surface area contributed by atoms with Crippen LogP contribution in [0, 0.1) is 0 Å². The number of phenols is 1. The minimum atomic E-state index is -0.825. The van der Waals surface area contributed by atoms with Gasteiger partial charge in [-0.1, -0.05) is 23.8 Å². The summed E-state index contributed by atoms with van der Waals surface area (Å²) in [5.74, 6) is -0.662. The molecule has 0 heterocycles. The van der Waals surface area contributed by atoms with Crippen LogP contribution in [0.25, 0.3) is 6.08 Å². The van der Waals surface area contributed by atoms with Gasteiger partial charge < -0.3 is 15.5 Å². The van der Waals surface area contributed by atoms with Crippen molar-refractivity contribution in [3.8, 4) is 5.75 Å². The van der Waals surface area contributed by atoms with Crippen LogP contribution in [-0.2, 0) is 4.79 Å². The van der Waals surface area contributed by atoms with Gasteiger partial charge in [-0.3, -0.25) is 4.79 Å². The van der Waals surface area contributed by atoms with Crippen molar-refractivity contribution in [1.82, 2.24) is 5.32 Å². The summed E-state index contributed by atoms with van der Waals surface area (Å²) in [6.45, 7) is 0.959. The van der Waals surface area contributed by atoms with E-state index in [4.69, 9.17) is 16.7 Å². The topological polar surface area (TPSA) is 69.6 Å². The Kier molecular flexibility index (Phi) is 5.52. The smallest absolute Gasteiger partial charge is 0.304 e. The van der Waals surface area contributed by atoms with E-state index in [1.165, 1.54) is 6.07 Å². The van der Waals surface area contributed by atoms with Crippen LogP contribution in [0.1, 0.15) is 12.0 Å². The molecule has 1 aromatic rings. The Morgan fingerprint density at radius 1 is 1.47 bits per heavy atom. The van der Waals surface area contributed by atoms with Gasteiger partial charge in [-0.2, -0.15) is 0 Å². The van der Waals surface area contributed by atoms with E-state index in [0.717, 1.165) is 0 Å². The van der Waals surface area contributed by atoms with E-state index in [9.17, 15) is 9.90 Å². The maximum Gasteiger partial charge on any atom is 0.304 e. The lowest BCUT2D eigenvalue weighted by atomic mass is 10.2. The molecule has 0 fully saturated rings. The molecule has 0 bridgehead atoms. The van der Waals surface area contributed by atoms with Gasteiger partial charge in [0.25, 0.3) is 0 Å². The van der Waals surface area contributed by atoms with Gasteiger partial charge >= 0.3 is 5.97 Å². The number of carboxylic acid groups (broad SMARTS) is 1. The second-order valence-corrected chi connectivity index (χ2v) is 3.89. The van der Waals surface area contributed by atoms with Crippen molar-refractivity contribution in [2.75, 3.05) is 13.1 Å². The Bertz CT molecular complexity index is 418. The average Bonchev–Trinajstić information content (AvgIpc) is 2.27. The van der Waals surface area contributed by atoms with E-state index >= 15 is 0 Å². The third-order valence-corrected chi connectivity index (χ3v) is 2.30. The largest absolute Gasteiger partial charge is 0.507 e. The van der Waals surface area contributed by atoms with Crippen LogP contribution in [0.5, 0.6) is 5.75 Å². The zero-order valence-corrected chi connectivity index (χ0v) is 9.94. The lowest BCUT2D eigenvalue weighted by Crippen LogP contribution is -2.17. The Balaban J connectivity index is 2.38. The minimum absolute atomic E-state index is 0.0935. The van der Waals surface area contributed by atoms with Crippen molar-refractivity contribution in [2.45, 2.75) is 6.42 Å². The molecule has 0 amide bonds. The number of aliphatic carboxylic acids is 1. The first kappa shape index (κ1) is 13.5. The van der Waals surface area contributed by atoms with Crippen molar-refractivity contribution >= 4 is 23.6 Å². The number of hydrogen-bond donors (Lipinski definition) is 3. The van der Waals surface area contributed by atoms with Gasteiger partial charge in [0.05, 0.1) is 6.42 Å². The predicted octanol–water partition coefficient (Wildman–Crippen LogP) is 2.12. The highest BCUT2D eigenvalue weighted by molar-refractivity contribution is 6.30. The highest BCUT2D eigenvalue weighted by atomic mass is 35.5. The number of phenolic OH excluding ortho intramolecular Hbond substituents is 1. The van der Waals surface area contributed by atoms with Crippen LogP contribution < -0.4 is 5.32 Å². The fourth-order valence-electron chi connectivity index (χ4n) is 1.23. The van der Waals surface area contributed by atoms with Crippen LogP contribution in [0.2, 0.25) is 5.02 Å². The summed E-state index contributed by atoms with van der Waals surface area (Å²) in [6.07, 6.45) is 3.62. The summed E-state index contributed by atoms with van der Waals surface area (Å²) >= 11 is 5.79. The highest BCUT2D eigenvalue weighted by Crippen LogP contribution is 2.22. The van der Waals surface area contributed by atoms with Crippen molar-refractivity contribution < 1.29 is 15.0 Å². The number of hydrogen-bond acceptors (Lipinski definition) is 3. The standard InChI is InChI=1S/C12H14ClNO3/c13-10-3-4-11(15)9(8-10)2-1-6-14-7-5-12(16)17/h1-4,8,14-15H,5-7H2,(H,16,17). The van der Waals surface area contributed by atoms with E-state index in [-0.39, 0.29) is 12.2 Å². The molecule has 0 aliphatic rings. The number of carbonyl (C=O) groups is 1. The van der Waals surface area contributed by atoms with Crippen LogP contribution >= 0.6 is 11.6 Å². The number of carboxylic acids is 1. The molecule has 17 heavy (non-hydrogen) atoms. The molecule has 92 valence electrons. The van der Waals surface area contributed by atoms with E-state index in [0.29, 0.717) is 23.7 Å².